The minimum atomic E-state index is -0.0651. The van der Waals surface area contributed by atoms with Crippen LogP contribution in [0.1, 0.15) is 18.7 Å². The fourth-order valence-electron chi connectivity index (χ4n) is 3.53. The first kappa shape index (κ1) is 23.8. The normalized spacial score (nSPS) is 10.5. The molecule has 0 bridgehead atoms. The summed E-state index contributed by atoms with van der Waals surface area (Å²) in [6.07, 6.45) is 0.970. The molecule has 0 aliphatic carbocycles. The second-order valence-electron chi connectivity index (χ2n) is 7.93. The Morgan fingerprint density at radius 2 is 1.60 bits per heavy atom. The van der Waals surface area contributed by atoms with E-state index in [1.54, 1.807) is 7.11 Å². The van der Waals surface area contributed by atoms with Gasteiger partial charge in [-0.05, 0) is 55.8 Å². The molecule has 0 atom stereocenters. The van der Waals surface area contributed by atoms with Crippen LogP contribution in [0.5, 0.6) is 11.5 Å². The first-order valence-electron chi connectivity index (χ1n) is 11.4. The SMILES string of the molecule is COc1ccc(OCCCC(=O)Nc2cccc(Nc3cc(-c4ccccc4)nc(C)n3)c2)cc1. The summed E-state index contributed by atoms with van der Waals surface area (Å²) < 4.78 is 10.8. The van der Waals surface area contributed by atoms with Gasteiger partial charge in [-0.1, -0.05) is 36.4 Å². The molecule has 0 unspecified atom stereocenters. The van der Waals surface area contributed by atoms with Crippen molar-refractivity contribution < 1.29 is 14.3 Å². The quantitative estimate of drug-likeness (QED) is 0.278. The van der Waals surface area contributed by atoms with Gasteiger partial charge in [-0.25, -0.2) is 9.97 Å². The summed E-state index contributed by atoms with van der Waals surface area (Å²) in [5.74, 6) is 2.83. The standard InChI is InChI=1S/C28H28N4O3/c1-20-29-26(21-8-4-3-5-9-21)19-27(30-20)31-22-10-6-11-23(18-22)32-28(33)12-7-17-35-25-15-13-24(34-2)14-16-25/h3-6,8-11,13-16,18-19H,7,12,17H2,1-2H3,(H,32,33)(H,29,30,31). The maximum atomic E-state index is 12.4. The lowest BCUT2D eigenvalue weighted by molar-refractivity contribution is -0.116. The van der Waals surface area contributed by atoms with E-state index < -0.39 is 0 Å². The zero-order valence-corrected chi connectivity index (χ0v) is 19.8. The molecule has 0 saturated carbocycles. The van der Waals surface area contributed by atoms with Gasteiger partial charge >= 0.3 is 0 Å². The number of anilines is 3. The lowest BCUT2D eigenvalue weighted by Gasteiger charge is -2.11. The number of ether oxygens (including phenoxy) is 2. The van der Waals surface area contributed by atoms with Crippen LogP contribution in [0.15, 0.2) is 84.9 Å². The summed E-state index contributed by atoms with van der Waals surface area (Å²) in [6, 6.07) is 26.8. The zero-order valence-electron chi connectivity index (χ0n) is 19.8. The van der Waals surface area contributed by atoms with E-state index in [0.29, 0.717) is 36.8 Å². The third-order valence-electron chi connectivity index (χ3n) is 5.20. The molecular formula is C28H28N4O3. The van der Waals surface area contributed by atoms with Crippen molar-refractivity contribution >= 4 is 23.1 Å². The van der Waals surface area contributed by atoms with E-state index in [9.17, 15) is 4.79 Å². The Hall–Kier alpha value is -4.39. The van der Waals surface area contributed by atoms with Crippen LogP contribution in [0.25, 0.3) is 11.3 Å². The predicted molar refractivity (Wildman–Crippen MR) is 138 cm³/mol. The van der Waals surface area contributed by atoms with Crippen LogP contribution < -0.4 is 20.1 Å². The van der Waals surface area contributed by atoms with Crippen molar-refractivity contribution in [2.24, 2.45) is 0 Å². The van der Waals surface area contributed by atoms with E-state index in [2.05, 4.69) is 20.6 Å². The van der Waals surface area contributed by atoms with E-state index in [1.807, 2.05) is 91.9 Å². The first-order chi connectivity index (χ1) is 17.1. The Morgan fingerprint density at radius 1 is 0.857 bits per heavy atom. The molecule has 0 radical (unpaired) electrons. The number of methoxy groups -OCH3 is 1. The van der Waals surface area contributed by atoms with E-state index in [0.717, 1.165) is 28.4 Å². The molecule has 7 heteroatoms. The summed E-state index contributed by atoms with van der Waals surface area (Å²) in [6.45, 7) is 2.32. The van der Waals surface area contributed by atoms with E-state index in [4.69, 9.17) is 9.47 Å². The molecule has 0 saturated heterocycles. The van der Waals surface area contributed by atoms with Gasteiger partial charge in [0, 0.05) is 29.4 Å². The van der Waals surface area contributed by atoms with Gasteiger partial charge in [0.05, 0.1) is 19.4 Å². The Balaban J connectivity index is 1.30. The van der Waals surface area contributed by atoms with Crippen molar-refractivity contribution in [3.05, 3.63) is 90.8 Å². The average molecular weight is 469 g/mol. The summed E-state index contributed by atoms with van der Waals surface area (Å²) in [5.41, 5.74) is 3.41. The number of amides is 1. The number of aromatic nitrogens is 2. The number of rotatable bonds is 10. The maximum Gasteiger partial charge on any atom is 0.224 e. The highest BCUT2D eigenvalue weighted by Crippen LogP contribution is 2.24. The lowest BCUT2D eigenvalue weighted by Crippen LogP contribution is -2.13. The maximum absolute atomic E-state index is 12.4. The van der Waals surface area contributed by atoms with Gasteiger partial charge < -0.3 is 20.1 Å². The smallest absolute Gasteiger partial charge is 0.224 e. The average Bonchev–Trinajstić information content (AvgIpc) is 2.87. The van der Waals surface area contributed by atoms with Gasteiger partial charge in [-0.3, -0.25) is 4.79 Å². The van der Waals surface area contributed by atoms with Crippen LogP contribution in [0, 0.1) is 6.92 Å². The molecule has 35 heavy (non-hydrogen) atoms. The number of hydrogen-bond acceptors (Lipinski definition) is 6. The van der Waals surface area contributed by atoms with Crippen molar-refractivity contribution in [1.82, 2.24) is 9.97 Å². The predicted octanol–water partition coefficient (Wildman–Crippen LogP) is 6.00. The highest BCUT2D eigenvalue weighted by atomic mass is 16.5. The van der Waals surface area contributed by atoms with Crippen molar-refractivity contribution in [2.75, 3.05) is 24.4 Å². The largest absolute Gasteiger partial charge is 0.497 e. The van der Waals surface area contributed by atoms with Crippen LogP contribution in [0.2, 0.25) is 0 Å². The molecule has 0 aliphatic heterocycles. The van der Waals surface area contributed by atoms with E-state index in [1.165, 1.54) is 0 Å². The molecule has 0 fully saturated rings. The topological polar surface area (TPSA) is 85.4 Å². The van der Waals surface area contributed by atoms with Crippen molar-refractivity contribution in [2.45, 2.75) is 19.8 Å². The minimum absolute atomic E-state index is 0.0651. The number of hydrogen-bond donors (Lipinski definition) is 2. The summed E-state index contributed by atoms with van der Waals surface area (Å²) in [5, 5.41) is 6.26. The van der Waals surface area contributed by atoms with Gasteiger partial charge in [-0.2, -0.15) is 0 Å². The Labute approximate surface area is 205 Å². The van der Waals surface area contributed by atoms with Gasteiger partial charge in [0.1, 0.15) is 23.1 Å². The second kappa shape index (κ2) is 11.7. The fraction of sp³-hybridized carbons (Fsp3) is 0.179. The summed E-state index contributed by atoms with van der Waals surface area (Å²) in [4.78, 5) is 21.4. The molecule has 178 valence electrons. The molecule has 0 spiro atoms. The molecule has 4 aromatic rings. The number of benzene rings is 3. The van der Waals surface area contributed by atoms with Crippen LogP contribution in [-0.4, -0.2) is 29.6 Å². The number of carbonyl (C=O) groups excluding carboxylic acids is 1. The van der Waals surface area contributed by atoms with Crippen molar-refractivity contribution in [3.8, 4) is 22.8 Å². The molecule has 4 rings (SSSR count). The number of aryl methyl sites for hydroxylation is 1. The summed E-state index contributed by atoms with van der Waals surface area (Å²) >= 11 is 0. The van der Waals surface area contributed by atoms with Crippen LogP contribution in [-0.2, 0) is 4.79 Å². The highest BCUT2D eigenvalue weighted by Gasteiger charge is 2.07. The minimum Gasteiger partial charge on any atom is -0.497 e. The third kappa shape index (κ3) is 7.04. The summed E-state index contributed by atoms with van der Waals surface area (Å²) in [7, 11) is 1.62. The number of nitrogens with zero attached hydrogens (tertiary/aromatic N) is 2. The molecular weight excluding hydrogens is 440 g/mol. The first-order valence-corrected chi connectivity index (χ1v) is 11.4. The molecule has 1 aromatic heterocycles. The Morgan fingerprint density at radius 3 is 2.37 bits per heavy atom. The molecule has 7 nitrogen and oxygen atoms in total. The fourth-order valence-corrected chi connectivity index (χ4v) is 3.53. The lowest BCUT2D eigenvalue weighted by atomic mass is 10.1. The molecule has 1 heterocycles. The van der Waals surface area contributed by atoms with E-state index in [-0.39, 0.29) is 5.91 Å². The Kier molecular flexibility index (Phi) is 7.91. The van der Waals surface area contributed by atoms with Crippen LogP contribution >= 0.6 is 0 Å². The molecule has 2 N–H and O–H groups in total. The van der Waals surface area contributed by atoms with Crippen LogP contribution in [0.4, 0.5) is 17.2 Å². The highest BCUT2D eigenvalue weighted by molar-refractivity contribution is 5.91. The molecule has 1 amide bonds. The van der Waals surface area contributed by atoms with Gasteiger partial charge in [0.25, 0.3) is 0 Å². The van der Waals surface area contributed by atoms with Gasteiger partial charge in [-0.15, -0.1) is 0 Å². The second-order valence-corrected chi connectivity index (χ2v) is 7.93. The monoisotopic (exact) mass is 468 g/mol. The number of carbonyl (C=O) groups is 1. The number of nitrogens with one attached hydrogen (secondary N) is 2. The van der Waals surface area contributed by atoms with Gasteiger partial charge in [0.2, 0.25) is 5.91 Å². The van der Waals surface area contributed by atoms with Crippen molar-refractivity contribution in [3.63, 3.8) is 0 Å². The zero-order chi connectivity index (χ0) is 24.5. The third-order valence-corrected chi connectivity index (χ3v) is 5.20. The van der Waals surface area contributed by atoms with Crippen molar-refractivity contribution in [1.29, 1.82) is 0 Å². The van der Waals surface area contributed by atoms with Crippen LogP contribution in [0.3, 0.4) is 0 Å². The molecule has 3 aromatic carbocycles. The Bertz CT molecular complexity index is 1260. The van der Waals surface area contributed by atoms with E-state index >= 15 is 0 Å². The molecule has 0 aliphatic rings. The van der Waals surface area contributed by atoms with Gasteiger partial charge in [0.15, 0.2) is 0 Å².